The molecule has 1 saturated heterocycles. The molecule has 30 heavy (non-hydrogen) atoms. The molecule has 0 saturated carbocycles. The van der Waals surface area contributed by atoms with Crippen LogP contribution in [0.4, 0.5) is 10.5 Å². The fraction of sp³-hybridized carbons (Fsp3) is 0.190. The van der Waals surface area contributed by atoms with Crippen LogP contribution in [0.1, 0.15) is 18.1 Å². The van der Waals surface area contributed by atoms with E-state index < -0.39 is 24.4 Å². The number of amides is 4. The highest BCUT2D eigenvalue weighted by atomic mass is 35.5. The van der Waals surface area contributed by atoms with Crippen molar-refractivity contribution in [2.75, 3.05) is 19.0 Å². The first-order valence-corrected chi connectivity index (χ1v) is 9.85. The SMILES string of the molecule is CCc1ccccc1NC(=O)CN1C(=O)N/C(=C/c2cc(Cl)c(OC)c(Cl)c2)C1=O. The lowest BCUT2D eigenvalue weighted by Gasteiger charge is -2.13. The molecule has 0 aromatic heterocycles. The Hall–Kier alpha value is -3.03. The number of nitrogens with zero attached hydrogens (tertiary/aromatic N) is 1. The van der Waals surface area contributed by atoms with Gasteiger partial charge in [0.05, 0.1) is 17.2 Å². The Morgan fingerprint density at radius 2 is 1.87 bits per heavy atom. The van der Waals surface area contributed by atoms with Crippen LogP contribution < -0.4 is 15.4 Å². The first-order chi connectivity index (χ1) is 14.3. The molecule has 0 radical (unpaired) electrons. The van der Waals surface area contributed by atoms with E-state index in [1.807, 2.05) is 19.1 Å². The summed E-state index contributed by atoms with van der Waals surface area (Å²) in [5.74, 6) is -0.786. The summed E-state index contributed by atoms with van der Waals surface area (Å²) < 4.78 is 5.09. The number of hydrogen-bond donors (Lipinski definition) is 2. The van der Waals surface area contributed by atoms with Gasteiger partial charge < -0.3 is 15.4 Å². The number of halogens is 2. The lowest BCUT2D eigenvalue weighted by molar-refractivity contribution is -0.127. The summed E-state index contributed by atoms with van der Waals surface area (Å²) in [5.41, 5.74) is 2.11. The van der Waals surface area contributed by atoms with Gasteiger partial charge in [0.15, 0.2) is 5.75 Å². The molecule has 0 atom stereocenters. The van der Waals surface area contributed by atoms with Crippen molar-refractivity contribution >= 4 is 52.8 Å². The summed E-state index contributed by atoms with van der Waals surface area (Å²) in [5, 5.41) is 5.73. The van der Waals surface area contributed by atoms with Crippen molar-refractivity contribution in [1.29, 1.82) is 0 Å². The maximum Gasteiger partial charge on any atom is 0.329 e. The van der Waals surface area contributed by atoms with Crippen LogP contribution in [0.15, 0.2) is 42.1 Å². The molecular weight excluding hydrogens is 429 g/mol. The Balaban J connectivity index is 1.75. The van der Waals surface area contributed by atoms with Gasteiger partial charge in [0.25, 0.3) is 5.91 Å². The van der Waals surface area contributed by atoms with Crippen molar-refractivity contribution in [3.05, 3.63) is 63.3 Å². The molecule has 0 spiro atoms. The molecule has 1 aliphatic rings. The second-order valence-corrected chi connectivity index (χ2v) is 7.27. The molecule has 7 nitrogen and oxygen atoms in total. The van der Waals surface area contributed by atoms with Gasteiger partial charge in [0, 0.05) is 5.69 Å². The monoisotopic (exact) mass is 447 g/mol. The topological polar surface area (TPSA) is 87.7 Å². The maximum absolute atomic E-state index is 12.6. The van der Waals surface area contributed by atoms with Gasteiger partial charge in [-0.2, -0.15) is 0 Å². The van der Waals surface area contributed by atoms with E-state index in [9.17, 15) is 14.4 Å². The molecule has 4 amide bonds. The largest absolute Gasteiger partial charge is 0.494 e. The number of anilines is 1. The number of ether oxygens (including phenoxy) is 1. The highest BCUT2D eigenvalue weighted by Gasteiger charge is 2.35. The molecule has 1 aliphatic heterocycles. The number of urea groups is 1. The van der Waals surface area contributed by atoms with Crippen LogP contribution in [0, 0.1) is 0 Å². The summed E-state index contributed by atoms with van der Waals surface area (Å²) in [6.07, 6.45) is 2.17. The van der Waals surface area contributed by atoms with Crippen LogP contribution in [0.25, 0.3) is 6.08 Å². The summed E-state index contributed by atoms with van der Waals surface area (Å²) in [4.78, 5) is 38.1. The fourth-order valence-corrected chi connectivity index (χ4v) is 3.68. The quantitative estimate of drug-likeness (QED) is 0.515. The van der Waals surface area contributed by atoms with E-state index in [0.717, 1.165) is 16.9 Å². The average molecular weight is 448 g/mol. The highest BCUT2D eigenvalue weighted by molar-refractivity contribution is 6.37. The summed E-state index contributed by atoms with van der Waals surface area (Å²) in [7, 11) is 1.44. The van der Waals surface area contributed by atoms with Gasteiger partial charge in [-0.3, -0.25) is 9.59 Å². The summed E-state index contributed by atoms with van der Waals surface area (Å²) in [6.45, 7) is 1.56. The van der Waals surface area contributed by atoms with E-state index in [4.69, 9.17) is 27.9 Å². The van der Waals surface area contributed by atoms with Gasteiger partial charge in [-0.15, -0.1) is 0 Å². The normalized spacial score (nSPS) is 14.8. The number of aryl methyl sites for hydroxylation is 1. The van der Waals surface area contributed by atoms with E-state index in [0.29, 0.717) is 17.0 Å². The van der Waals surface area contributed by atoms with Crippen LogP contribution >= 0.6 is 23.2 Å². The van der Waals surface area contributed by atoms with Crippen LogP contribution in [0.5, 0.6) is 5.75 Å². The number of nitrogens with one attached hydrogen (secondary N) is 2. The number of benzene rings is 2. The number of hydrogen-bond acceptors (Lipinski definition) is 4. The zero-order valence-corrected chi connectivity index (χ0v) is 17.8. The predicted octanol–water partition coefficient (Wildman–Crippen LogP) is 4.10. The second kappa shape index (κ2) is 9.19. The summed E-state index contributed by atoms with van der Waals surface area (Å²) >= 11 is 12.2. The Morgan fingerprint density at radius 1 is 1.20 bits per heavy atom. The average Bonchev–Trinajstić information content (AvgIpc) is 2.95. The first-order valence-electron chi connectivity index (χ1n) is 9.09. The van der Waals surface area contributed by atoms with Gasteiger partial charge in [-0.1, -0.05) is 48.3 Å². The number of methoxy groups -OCH3 is 1. The molecule has 0 bridgehead atoms. The molecule has 1 heterocycles. The number of para-hydroxylation sites is 1. The minimum atomic E-state index is -0.684. The zero-order valence-electron chi connectivity index (χ0n) is 16.3. The fourth-order valence-electron chi connectivity index (χ4n) is 3.02. The lowest BCUT2D eigenvalue weighted by Crippen LogP contribution is -2.38. The number of imide groups is 1. The van der Waals surface area contributed by atoms with Gasteiger partial charge in [0.1, 0.15) is 12.2 Å². The first kappa shape index (κ1) is 21.7. The standard InChI is InChI=1S/C21H19Cl2N3O4/c1-3-13-6-4-5-7-16(13)24-18(27)11-26-20(28)17(25-21(26)29)10-12-8-14(22)19(30-2)15(23)9-12/h4-10H,3,11H2,1-2H3,(H,24,27)(H,25,29)/b17-10+. The van der Waals surface area contributed by atoms with Crippen molar-refractivity contribution in [3.63, 3.8) is 0 Å². The van der Waals surface area contributed by atoms with E-state index >= 15 is 0 Å². The third-order valence-corrected chi connectivity index (χ3v) is 5.03. The van der Waals surface area contributed by atoms with Gasteiger partial charge >= 0.3 is 6.03 Å². The van der Waals surface area contributed by atoms with Crippen molar-refractivity contribution in [1.82, 2.24) is 10.2 Å². The van der Waals surface area contributed by atoms with Crippen molar-refractivity contribution < 1.29 is 19.1 Å². The number of rotatable bonds is 6. The Bertz CT molecular complexity index is 1030. The van der Waals surface area contributed by atoms with Crippen LogP contribution in [-0.2, 0) is 16.0 Å². The van der Waals surface area contributed by atoms with Crippen molar-refractivity contribution in [3.8, 4) is 5.75 Å². The van der Waals surface area contributed by atoms with Gasteiger partial charge in [-0.25, -0.2) is 9.69 Å². The van der Waals surface area contributed by atoms with E-state index in [-0.39, 0.29) is 15.7 Å². The number of carbonyl (C=O) groups excluding carboxylic acids is 3. The smallest absolute Gasteiger partial charge is 0.329 e. The third-order valence-electron chi connectivity index (χ3n) is 4.47. The van der Waals surface area contributed by atoms with Gasteiger partial charge in [-0.05, 0) is 41.8 Å². The molecule has 2 N–H and O–H groups in total. The predicted molar refractivity (Wildman–Crippen MR) is 116 cm³/mol. The number of carbonyl (C=O) groups is 3. The van der Waals surface area contributed by atoms with E-state index in [2.05, 4.69) is 10.6 Å². The van der Waals surface area contributed by atoms with Crippen LogP contribution in [0.2, 0.25) is 10.0 Å². The minimum Gasteiger partial charge on any atom is -0.494 e. The molecule has 1 fully saturated rings. The molecule has 3 rings (SSSR count). The van der Waals surface area contributed by atoms with Crippen LogP contribution in [-0.4, -0.2) is 36.4 Å². The molecule has 2 aromatic carbocycles. The second-order valence-electron chi connectivity index (χ2n) is 6.46. The van der Waals surface area contributed by atoms with Crippen molar-refractivity contribution in [2.45, 2.75) is 13.3 Å². The van der Waals surface area contributed by atoms with E-state index in [1.165, 1.54) is 13.2 Å². The minimum absolute atomic E-state index is 0.0130. The summed E-state index contributed by atoms with van der Waals surface area (Å²) in [6, 6.07) is 9.76. The molecule has 9 heteroatoms. The van der Waals surface area contributed by atoms with Crippen molar-refractivity contribution in [2.24, 2.45) is 0 Å². The van der Waals surface area contributed by atoms with Gasteiger partial charge in [0.2, 0.25) is 5.91 Å². The molecule has 0 unspecified atom stereocenters. The van der Waals surface area contributed by atoms with E-state index in [1.54, 1.807) is 24.3 Å². The lowest BCUT2D eigenvalue weighted by atomic mass is 10.1. The molecular formula is C21H19Cl2N3O4. The third kappa shape index (κ3) is 4.58. The molecule has 2 aromatic rings. The molecule has 156 valence electrons. The highest BCUT2D eigenvalue weighted by Crippen LogP contribution is 2.34. The maximum atomic E-state index is 12.6. The molecule has 0 aliphatic carbocycles. The van der Waals surface area contributed by atoms with Crippen LogP contribution in [0.3, 0.4) is 0 Å². The Morgan fingerprint density at radius 3 is 2.50 bits per heavy atom. The zero-order chi connectivity index (χ0) is 21.8. The Kier molecular flexibility index (Phi) is 6.64. The Labute approximate surface area is 183 Å².